The Kier molecular flexibility index (Phi) is 6.91. The molecule has 0 aliphatic heterocycles. The molecule has 0 aromatic rings. The first-order chi connectivity index (χ1) is 8.12. The third kappa shape index (κ3) is 8.98. The molecule has 5 nitrogen and oxygen atoms in total. The third-order valence-electron chi connectivity index (χ3n) is 2.69. The summed E-state index contributed by atoms with van der Waals surface area (Å²) in [6, 6.07) is 0.112. The van der Waals surface area contributed by atoms with E-state index in [1.165, 1.54) is 0 Å². The standard InChI is InChI=1S/C13H26N2O3/c1-10(6-7-15(4)5)14-11(16)8-13(2,3)9-12(17)18/h10H,6-9H2,1-5H3,(H,14,16)(H,17,18). The number of aliphatic carboxylic acids is 1. The van der Waals surface area contributed by atoms with E-state index in [0.29, 0.717) is 0 Å². The second kappa shape index (κ2) is 7.36. The van der Waals surface area contributed by atoms with Crippen molar-refractivity contribution in [2.24, 2.45) is 5.41 Å². The van der Waals surface area contributed by atoms with Crippen LogP contribution < -0.4 is 5.32 Å². The molecule has 1 unspecified atom stereocenters. The second-order valence-corrected chi connectivity index (χ2v) is 5.97. The maximum absolute atomic E-state index is 11.8. The minimum Gasteiger partial charge on any atom is -0.481 e. The molecule has 0 radical (unpaired) electrons. The Balaban J connectivity index is 4.06. The molecular weight excluding hydrogens is 232 g/mol. The Morgan fingerprint density at radius 2 is 1.83 bits per heavy atom. The highest BCUT2D eigenvalue weighted by Crippen LogP contribution is 2.24. The van der Waals surface area contributed by atoms with Gasteiger partial charge in [0, 0.05) is 12.5 Å². The summed E-state index contributed by atoms with van der Waals surface area (Å²) in [5.74, 6) is -0.944. The molecule has 2 N–H and O–H groups in total. The fourth-order valence-electron chi connectivity index (χ4n) is 1.76. The molecule has 106 valence electrons. The first-order valence-electron chi connectivity index (χ1n) is 6.28. The Bertz CT molecular complexity index is 288. The zero-order valence-corrected chi connectivity index (χ0v) is 12.1. The number of hydrogen-bond donors (Lipinski definition) is 2. The van der Waals surface area contributed by atoms with E-state index in [4.69, 9.17) is 5.11 Å². The molecule has 0 saturated heterocycles. The summed E-state index contributed by atoms with van der Waals surface area (Å²) in [5.41, 5.74) is -0.503. The number of carboxylic acid groups (broad SMARTS) is 1. The van der Waals surface area contributed by atoms with Gasteiger partial charge in [0.2, 0.25) is 5.91 Å². The number of carboxylic acids is 1. The highest BCUT2D eigenvalue weighted by Gasteiger charge is 2.25. The van der Waals surface area contributed by atoms with Gasteiger partial charge in [0.05, 0.1) is 6.42 Å². The van der Waals surface area contributed by atoms with Gasteiger partial charge in [-0.25, -0.2) is 0 Å². The van der Waals surface area contributed by atoms with Crippen LogP contribution in [0.5, 0.6) is 0 Å². The molecule has 1 atom stereocenters. The minimum atomic E-state index is -0.867. The SMILES string of the molecule is CC(CCN(C)C)NC(=O)CC(C)(C)CC(=O)O. The number of nitrogens with one attached hydrogen (secondary N) is 1. The number of carbonyl (C=O) groups excluding carboxylic acids is 1. The fraction of sp³-hybridized carbons (Fsp3) is 0.846. The van der Waals surface area contributed by atoms with Gasteiger partial charge in [-0.1, -0.05) is 13.8 Å². The maximum Gasteiger partial charge on any atom is 0.303 e. The van der Waals surface area contributed by atoms with E-state index in [1.807, 2.05) is 21.0 Å². The van der Waals surface area contributed by atoms with Crippen molar-refractivity contribution in [3.63, 3.8) is 0 Å². The van der Waals surface area contributed by atoms with E-state index in [2.05, 4.69) is 10.2 Å². The zero-order valence-electron chi connectivity index (χ0n) is 12.1. The molecule has 0 heterocycles. The first kappa shape index (κ1) is 16.9. The van der Waals surface area contributed by atoms with E-state index in [1.54, 1.807) is 13.8 Å². The predicted molar refractivity (Wildman–Crippen MR) is 71.4 cm³/mol. The Morgan fingerprint density at radius 1 is 1.28 bits per heavy atom. The van der Waals surface area contributed by atoms with Crippen LogP contribution in [0.4, 0.5) is 0 Å². The van der Waals surface area contributed by atoms with Crippen molar-refractivity contribution in [3.05, 3.63) is 0 Å². The largest absolute Gasteiger partial charge is 0.481 e. The molecule has 0 fully saturated rings. The van der Waals surface area contributed by atoms with Crippen LogP contribution >= 0.6 is 0 Å². The lowest BCUT2D eigenvalue weighted by molar-refractivity contribution is -0.139. The lowest BCUT2D eigenvalue weighted by Crippen LogP contribution is -2.37. The van der Waals surface area contributed by atoms with Crippen molar-refractivity contribution in [2.75, 3.05) is 20.6 Å². The van der Waals surface area contributed by atoms with Crippen LogP contribution in [-0.2, 0) is 9.59 Å². The van der Waals surface area contributed by atoms with Crippen LogP contribution in [0.2, 0.25) is 0 Å². The summed E-state index contributed by atoms with van der Waals surface area (Å²) in [6.07, 6.45) is 1.14. The molecule has 5 heteroatoms. The maximum atomic E-state index is 11.8. The number of hydrogen-bond acceptors (Lipinski definition) is 3. The molecule has 0 aliphatic rings. The molecule has 0 aliphatic carbocycles. The number of amides is 1. The smallest absolute Gasteiger partial charge is 0.303 e. The highest BCUT2D eigenvalue weighted by molar-refractivity contribution is 5.78. The van der Waals surface area contributed by atoms with Gasteiger partial charge in [-0.3, -0.25) is 9.59 Å². The number of rotatable bonds is 8. The topological polar surface area (TPSA) is 69.6 Å². The Morgan fingerprint density at radius 3 is 2.28 bits per heavy atom. The van der Waals surface area contributed by atoms with Crippen molar-refractivity contribution < 1.29 is 14.7 Å². The number of carbonyl (C=O) groups is 2. The summed E-state index contributed by atoms with van der Waals surface area (Å²) in [4.78, 5) is 24.5. The van der Waals surface area contributed by atoms with Crippen LogP contribution in [0.15, 0.2) is 0 Å². The second-order valence-electron chi connectivity index (χ2n) is 5.97. The average Bonchev–Trinajstić information content (AvgIpc) is 2.10. The van der Waals surface area contributed by atoms with Crippen molar-refractivity contribution in [1.29, 1.82) is 0 Å². The Labute approximate surface area is 110 Å². The summed E-state index contributed by atoms with van der Waals surface area (Å²) in [7, 11) is 3.98. The monoisotopic (exact) mass is 258 g/mol. The van der Waals surface area contributed by atoms with Gasteiger partial charge in [0.1, 0.15) is 0 Å². The van der Waals surface area contributed by atoms with Gasteiger partial charge in [-0.05, 0) is 39.4 Å². The van der Waals surface area contributed by atoms with Crippen LogP contribution in [0, 0.1) is 5.41 Å². The fourth-order valence-corrected chi connectivity index (χ4v) is 1.76. The van der Waals surface area contributed by atoms with Crippen LogP contribution in [0.25, 0.3) is 0 Å². The molecule has 18 heavy (non-hydrogen) atoms. The average molecular weight is 258 g/mol. The van der Waals surface area contributed by atoms with E-state index in [0.717, 1.165) is 13.0 Å². The van der Waals surface area contributed by atoms with Crippen LogP contribution in [-0.4, -0.2) is 48.6 Å². The lowest BCUT2D eigenvalue weighted by atomic mass is 9.85. The third-order valence-corrected chi connectivity index (χ3v) is 2.69. The summed E-state index contributed by atoms with van der Waals surface area (Å²) in [6.45, 7) is 6.47. The van der Waals surface area contributed by atoms with Crippen molar-refractivity contribution >= 4 is 11.9 Å². The molecule has 0 bridgehead atoms. The molecule has 0 rings (SSSR count). The highest BCUT2D eigenvalue weighted by atomic mass is 16.4. The Hall–Kier alpha value is -1.10. The van der Waals surface area contributed by atoms with Crippen molar-refractivity contribution in [2.45, 2.75) is 46.1 Å². The van der Waals surface area contributed by atoms with Gasteiger partial charge in [-0.2, -0.15) is 0 Å². The first-order valence-corrected chi connectivity index (χ1v) is 6.28. The molecular formula is C13H26N2O3. The predicted octanol–water partition coefficient (Wildman–Crippen LogP) is 1.33. The summed E-state index contributed by atoms with van der Waals surface area (Å²) < 4.78 is 0. The van der Waals surface area contributed by atoms with Crippen LogP contribution in [0.3, 0.4) is 0 Å². The normalized spacial score (nSPS) is 13.4. The molecule has 0 aromatic carbocycles. The quantitative estimate of drug-likeness (QED) is 0.689. The van der Waals surface area contributed by atoms with Gasteiger partial charge in [0.15, 0.2) is 0 Å². The van der Waals surface area contributed by atoms with Gasteiger partial charge < -0.3 is 15.3 Å². The van der Waals surface area contributed by atoms with Crippen molar-refractivity contribution in [1.82, 2.24) is 10.2 Å². The van der Waals surface area contributed by atoms with Gasteiger partial charge in [-0.15, -0.1) is 0 Å². The van der Waals surface area contributed by atoms with Gasteiger partial charge in [0.25, 0.3) is 0 Å². The lowest BCUT2D eigenvalue weighted by Gasteiger charge is -2.23. The zero-order chi connectivity index (χ0) is 14.3. The number of nitrogens with zero attached hydrogens (tertiary/aromatic N) is 1. The molecule has 1 amide bonds. The van der Waals surface area contributed by atoms with Crippen LogP contribution in [0.1, 0.15) is 40.0 Å². The van der Waals surface area contributed by atoms with E-state index in [-0.39, 0.29) is 24.8 Å². The van der Waals surface area contributed by atoms with Gasteiger partial charge >= 0.3 is 5.97 Å². The van der Waals surface area contributed by atoms with Crippen molar-refractivity contribution in [3.8, 4) is 0 Å². The summed E-state index contributed by atoms with van der Waals surface area (Å²) in [5, 5.41) is 11.7. The summed E-state index contributed by atoms with van der Waals surface area (Å²) >= 11 is 0. The minimum absolute atomic E-state index is 0.00645. The molecule has 0 spiro atoms. The molecule has 0 saturated carbocycles. The van der Waals surface area contributed by atoms with E-state index >= 15 is 0 Å². The molecule has 0 aromatic heterocycles. The van der Waals surface area contributed by atoms with E-state index in [9.17, 15) is 9.59 Å². The van der Waals surface area contributed by atoms with E-state index < -0.39 is 11.4 Å².